The number of nitrogens with zero attached hydrogens (tertiary/aromatic N) is 1. The summed E-state index contributed by atoms with van der Waals surface area (Å²) in [6.07, 6.45) is 2.60. The molecule has 0 aromatic heterocycles. The molecule has 82 valence electrons. The summed E-state index contributed by atoms with van der Waals surface area (Å²) < 4.78 is 0. The van der Waals surface area contributed by atoms with Crippen molar-refractivity contribution in [3.63, 3.8) is 0 Å². The molecule has 2 nitrogen and oxygen atoms in total. The molecule has 1 fully saturated rings. The van der Waals surface area contributed by atoms with Crippen molar-refractivity contribution in [3.8, 4) is 5.75 Å². The van der Waals surface area contributed by atoms with E-state index in [0.29, 0.717) is 11.6 Å². The quantitative estimate of drug-likeness (QED) is 0.779. The fourth-order valence-corrected chi connectivity index (χ4v) is 1.99. The first-order valence-corrected chi connectivity index (χ1v) is 5.91. The Morgan fingerprint density at radius 3 is 2.47 bits per heavy atom. The molecule has 1 N–H and O–H groups in total. The van der Waals surface area contributed by atoms with Gasteiger partial charge in [-0.25, -0.2) is 0 Å². The van der Waals surface area contributed by atoms with E-state index in [-0.39, 0.29) is 0 Å². The number of hydrogen-bond acceptors (Lipinski definition) is 2. The minimum atomic E-state index is 0.328. The molecule has 0 amide bonds. The maximum atomic E-state index is 9.18. The zero-order valence-corrected chi connectivity index (χ0v) is 9.45. The summed E-state index contributed by atoms with van der Waals surface area (Å²) in [6, 6.07) is 8.15. The summed E-state index contributed by atoms with van der Waals surface area (Å²) in [4.78, 5) is 2.42. The first-order chi connectivity index (χ1) is 7.29. The van der Waals surface area contributed by atoms with Gasteiger partial charge in [-0.05, 0) is 30.5 Å². The zero-order valence-electron chi connectivity index (χ0n) is 8.69. The number of phenolic OH excluding ortho intramolecular Hbond substituents is 1. The van der Waals surface area contributed by atoms with Gasteiger partial charge in [0.1, 0.15) is 5.75 Å². The number of alkyl halides is 1. The first kappa shape index (κ1) is 10.8. The first-order valence-electron chi connectivity index (χ1n) is 5.37. The maximum Gasteiger partial charge on any atom is 0.115 e. The fraction of sp³-hybridized carbons (Fsp3) is 0.500. The van der Waals surface area contributed by atoms with E-state index >= 15 is 0 Å². The van der Waals surface area contributed by atoms with Crippen LogP contribution in [0.1, 0.15) is 18.4 Å². The summed E-state index contributed by atoms with van der Waals surface area (Å²) >= 11 is 5.78. The lowest BCUT2D eigenvalue weighted by atomic mass is 10.2. The molecule has 3 heteroatoms. The van der Waals surface area contributed by atoms with E-state index in [9.17, 15) is 5.11 Å². The minimum Gasteiger partial charge on any atom is -0.508 e. The third-order valence-electron chi connectivity index (χ3n) is 2.76. The lowest BCUT2D eigenvalue weighted by molar-refractivity contribution is 0.271. The van der Waals surface area contributed by atoms with Crippen molar-refractivity contribution in [2.45, 2.75) is 25.4 Å². The van der Waals surface area contributed by atoms with E-state index in [2.05, 4.69) is 4.90 Å². The van der Waals surface area contributed by atoms with Crippen LogP contribution in [0.4, 0.5) is 0 Å². The SMILES string of the molecule is Oc1ccc(CN(CCCl)C2CC2)cc1. The van der Waals surface area contributed by atoms with E-state index < -0.39 is 0 Å². The maximum absolute atomic E-state index is 9.18. The van der Waals surface area contributed by atoms with E-state index in [1.807, 2.05) is 12.1 Å². The van der Waals surface area contributed by atoms with Crippen molar-refractivity contribution in [1.29, 1.82) is 0 Å². The Kier molecular flexibility index (Phi) is 3.49. The van der Waals surface area contributed by atoms with Crippen molar-refractivity contribution in [1.82, 2.24) is 4.90 Å². The molecule has 0 heterocycles. The molecule has 0 bridgehead atoms. The number of rotatable bonds is 5. The molecule has 1 saturated carbocycles. The standard InChI is InChI=1S/C12H16ClNO/c13-7-8-14(11-3-4-11)9-10-1-5-12(15)6-2-10/h1-2,5-6,11,15H,3-4,7-9H2. The van der Waals surface area contributed by atoms with Gasteiger partial charge in [0.05, 0.1) is 0 Å². The van der Waals surface area contributed by atoms with Gasteiger partial charge in [0, 0.05) is 25.0 Å². The molecule has 2 rings (SSSR count). The van der Waals surface area contributed by atoms with Gasteiger partial charge in [0.15, 0.2) is 0 Å². The van der Waals surface area contributed by atoms with Gasteiger partial charge < -0.3 is 5.11 Å². The van der Waals surface area contributed by atoms with Crippen molar-refractivity contribution < 1.29 is 5.11 Å². The van der Waals surface area contributed by atoms with Crippen LogP contribution in [0.2, 0.25) is 0 Å². The molecule has 0 atom stereocenters. The van der Waals surface area contributed by atoms with Crippen LogP contribution in [0.3, 0.4) is 0 Å². The summed E-state index contributed by atoms with van der Waals surface area (Å²) in [5.41, 5.74) is 1.24. The monoisotopic (exact) mass is 225 g/mol. The van der Waals surface area contributed by atoms with Crippen LogP contribution < -0.4 is 0 Å². The van der Waals surface area contributed by atoms with Crippen molar-refractivity contribution >= 4 is 11.6 Å². The molecule has 1 aliphatic rings. The van der Waals surface area contributed by atoms with Crippen LogP contribution in [0.5, 0.6) is 5.75 Å². The fourth-order valence-electron chi connectivity index (χ4n) is 1.77. The van der Waals surface area contributed by atoms with E-state index in [1.165, 1.54) is 18.4 Å². The van der Waals surface area contributed by atoms with Gasteiger partial charge >= 0.3 is 0 Å². The molecular formula is C12H16ClNO. The molecule has 0 unspecified atom stereocenters. The van der Waals surface area contributed by atoms with Crippen molar-refractivity contribution in [3.05, 3.63) is 29.8 Å². The Hall–Kier alpha value is -0.730. The van der Waals surface area contributed by atoms with Crippen LogP contribution >= 0.6 is 11.6 Å². The molecule has 0 spiro atoms. The lowest BCUT2D eigenvalue weighted by Crippen LogP contribution is -2.27. The minimum absolute atomic E-state index is 0.328. The van der Waals surface area contributed by atoms with Crippen LogP contribution in [-0.2, 0) is 6.54 Å². The van der Waals surface area contributed by atoms with Gasteiger partial charge in [-0.2, -0.15) is 0 Å². The van der Waals surface area contributed by atoms with E-state index in [1.54, 1.807) is 12.1 Å². The Labute approximate surface area is 95.5 Å². The highest BCUT2D eigenvalue weighted by molar-refractivity contribution is 6.18. The third-order valence-corrected chi connectivity index (χ3v) is 2.93. The van der Waals surface area contributed by atoms with Gasteiger partial charge in [0.2, 0.25) is 0 Å². The molecule has 1 aromatic carbocycles. The van der Waals surface area contributed by atoms with Crippen molar-refractivity contribution in [2.75, 3.05) is 12.4 Å². The number of hydrogen-bond donors (Lipinski definition) is 1. The van der Waals surface area contributed by atoms with Gasteiger partial charge in [0.25, 0.3) is 0 Å². The Bertz CT molecular complexity index is 308. The number of halogens is 1. The zero-order chi connectivity index (χ0) is 10.7. The number of benzene rings is 1. The molecule has 0 aliphatic heterocycles. The summed E-state index contributed by atoms with van der Waals surface area (Å²) in [7, 11) is 0. The summed E-state index contributed by atoms with van der Waals surface area (Å²) in [5, 5.41) is 9.18. The average molecular weight is 226 g/mol. The smallest absolute Gasteiger partial charge is 0.115 e. The van der Waals surface area contributed by atoms with E-state index in [0.717, 1.165) is 19.1 Å². The largest absolute Gasteiger partial charge is 0.508 e. The Balaban J connectivity index is 1.95. The second kappa shape index (κ2) is 4.86. The highest BCUT2D eigenvalue weighted by atomic mass is 35.5. The average Bonchev–Trinajstić information content (AvgIpc) is 3.04. The van der Waals surface area contributed by atoms with Crippen LogP contribution in [-0.4, -0.2) is 28.5 Å². The van der Waals surface area contributed by atoms with Gasteiger partial charge in [-0.3, -0.25) is 4.90 Å². The number of aromatic hydroxyl groups is 1. The molecular weight excluding hydrogens is 210 g/mol. The highest BCUT2D eigenvalue weighted by Gasteiger charge is 2.28. The predicted octanol–water partition coefficient (Wildman–Crippen LogP) is 2.60. The molecule has 15 heavy (non-hydrogen) atoms. The second-order valence-electron chi connectivity index (χ2n) is 4.06. The van der Waals surface area contributed by atoms with Crippen molar-refractivity contribution in [2.24, 2.45) is 0 Å². The second-order valence-corrected chi connectivity index (χ2v) is 4.44. The molecule has 0 radical (unpaired) electrons. The topological polar surface area (TPSA) is 23.5 Å². The Morgan fingerprint density at radius 2 is 1.93 bits per heavy atom. The lowest BCUT2D eigenvalue weighted by Gasteiger charge is -2.20. The highest BCUT2D eigenvalue weighted by Crippen LogP contribution is 2.28. The van der Waals surface area contributed by atoms with Crippen LogP contribution in [0, 0.1) is 0 Å². The third kappa shape index (κ3) is 3.11. The Morgan fingerprint density at radius 1 is 1.27 bits per heavy atom. The van der Waals surface area contributed by atoms with Gasteiger partial charge in [-0.15, -0.1) is 11.6 Å². The molecule has 0 saturated heterocycles. The summed E-state index contributed by atoms with van der Waals surface area (Å²) in [6.45, 7) is 1.89. The van der Waals surface area contributed by atoms with E-state index in [4.69, 9.17) is 11.6 Å². The van der Waals surface area contributed by atoms with Crippen LogP contribution in [0.15, 0.2) is 24.3 Å². The molecule has 1 aromatic rings. The molecule has 1 aliphatic carbocycles. The number of phenols is 1. The normalized spacial score (nSPS) is 15.9. The van der Waals surface area contributed by atoms with Crippen LogP contribution in [0.25, 0.3) is 0 Å². The summed E-state index contributed by atoms with van der Waals surface area (Å²) in [5.74, 6) is 1.02. The predicted molar refractivity (Wildman–Crippen MR) is 62.3 cm³/mol. The van der Waals surface area contributed by atoms with Gasteiger partial charge in [-0.1, -0.05) is 12.1 Å².